The number of hydrogen-bond acceptors (Lipinski definition) is 4. The van der Waals surface area contributed by atoms with Gasteiger partial charge in [-0.15, -0.1) is 11.3 Å². The molecule has 6 heteroatoms. The van der Waals surface area contributed by atoms with Crippen molar-refractivity contribution in [3.05, 3.63) is 51.2 Å². The first-order valence-electron chi connectivity index (χ1n) is 8.31. The molecule has 3 rings (SSSR count). The summed E-state index contributed by atoms with van der Waals surface area (Å²) in [6.07, 6.45) is 2.94. The van der Waals surface area contributed by atoms with Crippen molar-refractivity contribution in [1.82, 2.24) is 15.6 Å². The third-order valence-corrected chi connectivity index (χ3v) is 5.42. The third-order valence-electron chi connectivity index (χ3n) is 4.27. The lowest BCUT2D eigenvalue weighted by Crippen LogP contribution is -2.38. The number of amides is 1. The summed E-state index contributed by atoms with van der Waals surface area (Å²) in [5, 5.41) is 7.27. The number of aromatic nitrogens is 1. The number of nitrogens with zero attached hydrogens (tertiary/aromatic N) is 1. The number of carbonyl (C=O) groups excluding carboxylic acids is 1. The van der Waals surface area contributed by atoms with Crippen molar-refractivity contribution in [2.75, 3.05) is 19.6 Å². The SMILES string of the molecule is Cc1nc(Cc2ccc(F)cc2)sc1C(=O)NCC1CCCNC1. The van der Waals surface area contributed by atoms with Crippen molar-refractivity contribution < 1.29 is 9.18 Å². The minimum atomic E-state index is -0.244. The van der Waals surface area contributed by atoms with Gasteiger partial charge in [-0.1, -0.05) is 12.1 Å². The zero-order valence-corrected chi connectivity index (χ0v) is 14.6. The van der Waals surface area contributed by atoms with E-state index in [9.17, 15) is 9.18 Å². The maximum absolute atomic E-state index is 13.0. The highest BCUT2D eigenvalue weighted by atomic mass is 32.1. The highest BCUT2D eigenvalue weighted by Gasteiger charge is 2.18. The van der Waals surface area contributed by atoms with Crippen LogP contribution in [-0.2, 0) is 6.42 Å². The van der Waals surface area contributed by atoms with E-state index in [1.807, 2.05) is 6.92 Å². The fourth-order valence-corrected chi connectivity index (χ4v) is 3.95. The zero-order chi connectivity index (χ0) is 16.9. The second-order valence-corrected chi connectivity index (χ2v) is 7.33. The molecule has 0 bridgehead atoms. The molecule has 1 aromatic heterocycles. The Morgan fingerprint density at radius 1 is 1.42 bits per heavy atom. The summed E-state index contributed by atoms with van der Waals surface area (Å²) >= 11 is 1.42. The van der Waals surface area contributed by atoms with Crippen LogP contribution < -0.4 is 10.6 Å². The van der Waals surface area contributed by atoms with Gasteiger partial charge in [0.1, 0.15) is 10.7 Å². The summed E-state index contributed by atoms with van der Waals surface area (Å²) in [6, 6.07) is 6.40. The van der Waals surface area contributed by atoms with Crippen molar-refractivity contribution in [3.63, 3.8) is 0 Å². The van der Waals surface area contributed by atoms with Crippen LogP contribution >= 0.6 is 11.3 Å². The molecule has 4 nitrogen and oxygen atoms in total. The lowest BCUT2D eigenvalue weighted by molar-refractivity contribution is 0.0948. The fourth-order valence-electron chi connectivity index (χ4n) is 2.93. The standard InChI is InChI=1S/C18H22FN3OS/c1-12-17(18(23)21-11-14-3-2-8-20-10-14)24-16(22-12)9-13-4-6-15(19)7-5-13/h4-7,14,20H,2-3,8-11H2,1H3,(H,21,23). The predicted molar refractivity (Wildman–Crippen MR) is 94.0 cm³/mol. The molecule has 1 unspecified atom stereocenters. The molecule has 0 saturated carbocycles. The lowest BCUT2D eigenvalue weighted by Gasteiger charge is -2.22. The molecule has 1 aliphatic rings. The number of nitrogens with one attached hydrogen (secondary N) is 2. The van der Waals surface area contributed by atoms with Gasteiger partial charge in [-0.05, 0) is 56.5 Å². The molecule has 1 saturated heterocycles. The molecule has 0 aliphatic carbocycles. The van der Waals surface area contributed by atoms with Crippen LogP contribution in [-0.4, -0.2) is 30.5 Å². The van der Waals surface area contributed by atoms with Gasteiger partial charge >= 0.3 is 0 Å². The van der Waals surface area contributed by atoms with E-state index >= 15 is 0 Å². The van der Waals surface area contributed by atoms with Gasteiger partial charge in [0.2, 0.25) is 0 Å². The average Bonchev–Trinajstić information content (AvgIpc) is 2.96. The molecular formula is C18H22FN3OS. The van der Waals surface area contributed by atoms with Gasteiger partial charge in [0, 0.05) is 13.0 Å². The van der Waals surface area contributed by atoms with Crippen LogP contribution in [0.3, 0.4) is 0 Å². The fraction of sp³-hybridized carbons (Fsp3) is 0.444. The second kappa shape index (κ2) is 7.85. The Hall–Kier alpha value is -1.79. The Labute approximate surface area is 145 Å². The molecule has 1 amide bonds. The van der Waals surface area contributed by atoms with Gasteiger partial charge in [-0.2, -0.15) is 0 Å². The number of halogens is 1. The van der Waals surface area contributed by atoms with Crippen LogP contribution in [0.1, 0.15) is 38.8 Å². The normalized spacial score (nSPS) is 17.7. The number of aryl methyl sites for hydroxylation is 1. The molecule has 2 N–H and O–H groups in total. The molecule has 1 atom stereocenters. The molecule has 24 heavy (non-hydrogen) atoms. The van der Waals surface area contributed by atoms with Gasteiger partial charge in [0.05, 0.1) is 10.7 Å². The maximum Gasteiger partial charge on any atom is 0.263 e. The minimum Gasteiger partial charge on any atom is -0.351 e. The molecule has 128 valence electrons. The van der Waals surface area contributed by atoms with Crippen LogP contribution in [0.25, 0.3) is 0 Å². The summed E-state index contributed by atoms with van der Waals surface area (Å²) in [5.41, 5.74) is 1.75. The van der Waals surface area contributed by atoms with E-state index < -0.39 is 0 Å². The minimum absolute atomic E-state index is 0.0408. The number of hydrogen-bond donors (Lipinski definition) is 2. The molecule has 2 heterocycles. The van der Waals surface area contributed by atoms with Crippen molar-refractivity contribution >= 4 is 17.2 Å². The van der Waals surface area contributed by atoms with Crippen LogP contribution in [0, 0.1) is 18.7 Å². The monoisotopic (exact) mass is 347 g/mol. The first-order valence-corrected chi connectivity index (χ1v) is 9.13. The molecular weight excluding hydrogens is 325 g/mol. The van der Waals surface area contributed by atoms with E-state index in [2.05, 4.69) is 15.6 Å². The Bertz CT molecular complexity index is 693. The van der Waals surface area contributed by atoms with E-state index in [-0.39, 0.29) is 11.7 Å². The van der Waals surface area contributed by atoms with Gasteiger partial charge < -0.3 is 10.6 Å². The van der Waals surface area contributed by atoms with Crippen LogP contribution in [0.5, 0.6) is 0 Å². The average molecular weight is 347 g/mol. The first-order chi connectivity index (χ1) is 11.6. The third kappa shape index (κ3) is 4.39. The van der Waals surface area contributed by atoms with Crippen LogP contribution in [0.2, 0.25) is 0 Å². The van der Waals surface area contributed by atoms with E-state index in [0.29, 0.717) is 23.8 Å². The molecule has 0 spiro atoms. The summed E-state index contributed by atoms with van der Waals surface area (Å²) < 4.78 is 13.0. The molecule has 0 radical (unpaired) electrons. The van der Waals surface area contributed by atoms with Gasteiger partial charge in [-0.3, -0.25) is 4.79 Å². The Kier molecular flexibility index (Phi) is 5.58. The summed E-state index contributed by atoms with van der Waals surface area (Å²) in [4.78, 5) is 17.6. The number of benzene rings is 1. The lowest BCUT2D eigenvalue weighted by atomic mass is 10.00. The van der Waals surface area contributed by atoms with E-state index in [1.54, 1.807) is 12.1 Å². The van der Waals surface area contributed by atoms with E-state index in [0.717, 1.165) is 35.8 Å². The number of rotatable bonds is 5. The number of thiazole rings is 1. The van der Waals surface area contributed by atoms with Crippen molar-refractivity contribution in [2.45, 2.75) is 26.2 Å². The summed E-state index contributed by atoms with van der Waals surface area (Å²) in [7, 11) is 0. The smallest absolute Gasteiger partial charge is 0.263 e. The highest BCUT2D eigenvalue weighted by Crippen LogP contribution is 2.21. The highest BCUT2D eigenvalue weighted by molar-refractivity contribution is 7.13. The molecule has 1 aliphatic heterocycles. The van der Waals surface area contributed by atoms with E-state index in [1.165, 1.54) is 29.9 Å². The quantitative estimate of drug-likeness (QED) is 0.874. The Morgan fingerprint density at radius 2 is 2.21 bits per heavy atom. The van der Waals surface area contributed by atoms with E-state index in [4.69, 9.17) is 0 Å². The largest absolute Gasteiger partial charge is 0.351 e. The summed E-state index contributed by atoms with van der Waals surface area (Å²) in [5.74, 6) is 0.224. The van der Waals surface area contributed by atoms with Gasteiger partial charge in [0.15, 0.2) is 0 Å². The molecule has 2 aromatic rings. The predicted octanol–water partition coefficient (Wildman–Crippen LogP) is 2.91. The number of piperidine rings is 1. The maximum atomic E-state index is 13.0. The first kappa shape index (κ1) is 17.0. The Balaban J connectivity index is 1.60. The van der Waals surface area contributed by atoms with Crippen molar-refractivity contribution in [3.8, 4) is 0 Å². The number of carbonyl (C=O) groups is 1. The Morgan fingerprint density at radius 3 is 2.92 bits per heavy atom. The molecule has 1 fully saturated rings. The van der Waals surface area contributed by atoms with Crippen LogP contribution in [0.15, 0.2) is 24.3 Å². The van der Waals surface area contributed by atoms with Crippen LogP contribution in [0.4, 0.5) is 4.39 Å². The summed E-state index contributed by atoms with van der Waals surface area (Å²) in [6.45, 7) is 4.61. The van der Waals surface area contributed by atoms with Crippen molar-refractivity contribution in [1.29, 1.82) is 0 Å². The van der Waals surface area contributed by atoms with Crippen molar-refractivity contribution in [2.24, 2.45) is 5.92 Å². The van der Waals surface area contributed by atoms with Gasteiger partial charge in [0.25, 0.3) is 5.91 Å². The second-order valence-electron chi connectivity index (χ2n) is 6.25. The topological polar surface area (TPSA) is 54.0 Å². The molecule has 1 aromatic carbocycles. The zero-order valence-electron chi connectivity index (χ0n) is 13.8. The van der Waals surface area contributed by atoms with Gasteiger partial charge in [-0.25, -0.2) is 9.37 Å².